The van der Waals surface area contributed by atoms with Crippen LogP contribution >= 0.6 is 0 Å². The Labute approximate surface area is 131 Å². The average molecular weight is 316 g/mol. The van der Waals surface area contributed by atoms with Gasteiger partial charge in [-0.05, 0) is 42.8 Å². The first kappa shape index (κ1) is 15.1. The van der Waals surface area contributed by atoms with E-state index in [9.17, 15) is 18.4 Å². The second-order valence-corrected chi connectivity index (χ2v) is 5.27. The molecule has 4 nitrogen and oxygen atoms in total. The number of rotatable bonds is 3. The Balaban J connectivity index is 1.73. The summed E-state index contributed by atoms with van der Waals surface area (Å²) in [6.45, 7) is 0.686. The highest BCUT2D eigenvalue weighted by molar-refractivity contribution is 6.04. The number of amides is 2. The molecule has 0 unspecified atom stereocenters. The van der Waals surface area contributed by atoms with Gasteiger partial charge in [-0.15, -0.1) is 0 Å². The number of benzene rings is 2. The van der Waals surface area contributed by atoms with Crippen LogP contribution in [0, 0.1) is 11.6 Å². The summed E-state index contributed by atoms with van der Waals surface area (Å²) >= 11 is 0. The summed E-state index contributed by atoms with van der Waals surface area (Å²) in [5.41, 5.74) is 0.998. The molecule has 118 valence electrons. The predicted molar refractivity (Wildman–Crippen MR) is 82.3 cm³/mol. The molecule has 1 fully saturated rings. The maximum atomic E-state index is 13.6. The van der Waals surface area contributed by atoms with Gasteiger partial charge in [0.25, 0.3) is 5.91 Å². The van der Waals surface area contributed by atoms with E-state index in [2.05, 4.69) is 5.32 Å². The monoisotopic (exact) mass is 316 g/mol. The molecule has 0 aromatic heterocycles. The first-order valence-electron chi connectivity index (χ1n) is 7.21. The molecule has 0 atom stereocenters. The number of hydrogen-bond donors (Lipinski definition) is 1. The fourth-order valence-corrected chi connectivity index (χ4v) is 2.52. The third kappa shape index (κ3) is 3.21. The van der Waals surface area contributed by atoms with E-state index < -0.39 is 17.5 Å². The minimum absolute atomic E-state index is 0.0789. The number of hydrogen-bond acceptors (Lipinski definition) is 2. The number of anilines is 2. The lowest BCUT2D eigenvalue weighted by Gasteiger charge is -2.16. The van der Waals surface area contributed by atoms with E-state index in [1.165, 1.54) is 0 Å². The topological polar surface area (TPSA) is 49.4 Å². The maximum Gasteiger partial charge on any atom is 0.258 e. The van der Waals surface area contributed by atoms with Crippen molar-refractivity contribution in [3.63, 3.8) is 0 Å². The van der Waals surface area contributed by atoms with Gasteiger partial charge in [0.05, 0.1) is 5.56 Å². The van der Waals surface area contributed by atoms with E-state index in [1.807, 2.05) is 0 Å². The summed E-state index contributed by atoms with van der Waals surface area (Å²) in [6, 6.07) is 9.51. The van der Waals surface area contributed by atoms with Crippen LogP contribution in [-0.4, -0.2) is 18.4 Å². The third-order valence-corrected chi connectivity index (χ3v) is 3.69. The van der Waals surface area contributed by atoms with E-state index in [4.69, 9.17) is 0 Å². The molecule has 0 radical (unpaired) electrons. The number of carbonyl (C=O) groups excluding carboxylic acids is 2. The largest absolute Gasteiger partial charge is 0.322 e. The maximum absolute atomic E-state index is 13.6. The average Bonchev–Trinajstić information content (AvgIpc) is 2.94. The molecule has 1 N–H and O–H groups in total. The molecule has 0 aliphatic carbocycles. The van der Waals surface area contributed by atoms with Crippen LogP contribution < -0.4 is 10.2 Å². The molecular formula is C17H14F2N2O2. The second-order valence-electron chi connectivity index (χ2n) is 5.27. The van der Waals surface area contributed by atoms with Gasteiger partial charge in [-0.25, -0.2) is 8.78 Å². The zero-order valence-corrected chi connectivity index (χ0v) is 12.2. The van der Waals surface area contributed by atoms with Crippen molar-refractivity contribution in [1.82, 2.24) is 0 Å². The van der Waals surface area contributed by atoms with E-state index >= 15 is 0 Å². The molecule has 6 heteroatoms. The fraction of sp³-hybridized carbons (Fsp3) is 0.176. The molecule has 1 aliphatic rings. The highest BCUT2D eigenvalue weighted by Crippen LogP contribution is 2.23. The molecule has 0 spiro atoms. The molecular weight excluding hydrogens is 302 g/mol. The van der Waals surface area contributed by atoms with Crippen LogP contribution in [0.3, 0.4) is 0 Å². The summed E-state index contributed by atoms with van der Waals surface area (Å²) < 4.78 is 26.4. The summed E-state index contributed by atoms with van der Waals surface area (Å²) in [7, 11) is 0. The van der Waals surface area contributed by atoms with Gasteiger partial charge in [0.1, 0.15) is 11.6 Å². The van der Waals surface area contributed by atoms with Crippen LogP contribution in [0.15, 0.2) is 42.5 Å². The van der Waals surface area contributed by atoms with Crippen molar-refractivity contribution in [1.29, 1.82) is 0 Å². The Hall–Kier alpha value is -2.76. The summed E-state index contributed by atoms with van der Waals surface area (Å²) in [4.78, 5) is 25.4. The molecule has 1 aliphatic heterocycles. The van der Waals surface area contributed by atoms with Crippen molar-refractivity contribution in [2.24, 2.45) is 0 Å². The van der Waals surface area contributed by atoms with Crippen molar-refractivity contribution in [2.45, 2.75) is 12.8 Å². The zero-order chi connectivity index (χ0) is 16.4. The van der Waals surface area contributed by atoms with Crippen molar-refractivity contribution >= 4 is 23.2 Å². The number of carbonyl (C=O) groups is 2. The first-order chi connectivity index (χ1) is 11.0. The van der Waals surface area contributed by atoms with Gasteiger partial charge < -0.3 is 10.2 Å². The number of nitrogens with one attached hydrogen (secondary N) is 1. The summed E-state index contributed by atoms with van der Waals surface area (Å²) in [5.74, 6) is -2.23. The molecule has 0 bridgehead atoms. The third-order valence-electron chi connectivity index (χ3n) is 3.69. The molecule has 2 amide bonds. The molecule has 3 rings (SSSR count). The second kappa shape index (κ2) is 6.16. The van der Waals surface area contributed by atoms with Gasteiger partial charge in [0, 0.05) is 30.4 Å². The summed E-state index contributed by atoms with van der Waals surface area (Å²) in [6.07, 6.45) is 1.38. The van der Waals surface area contributed by atoms with Crippen LogP contribution in [0.5, 0.6) is 0 Å². The van der Waals surface area contributed by atoms with Crippen molar-refractivity contribution in [2.75, 3.05) is 16.8 Å². The standard InChI is InChI=1S/C17H14F2N2O2/c18-11-3-8-14(15(19)10-11)17(23)20-12-4-6-13(7-5-12)21-9-1-2-16(21)22/h3-8,10H,1-2,9H2,(H,20,23). The number of halogens is 2. The van der Waals surface area contributed by atoms with Crippen LogP contribution in [-0.2, 0) is 4.79 Å². The minimum Gasteiger partial charge on any atom is -0.322 e. The normalized spacial score (nSPS) is 14.2. The fourth-order valence-electron chi connectivity index (χ4n) is 2.52. The van der Waals surface area contributed by atoms with Crippen LogP contribution in [0.4, 0.5) is 20.2 Å². The Morgan fingerprint density at radius 1 is 1.09 bits per heavy atom. The highest BCUT2D eigenvalue weighted by Gasteiger charge is 2.21. The molecule has 1 heterocycles. The zero-order valence-electron chi connectivity index (χ0n) is 12.2. The molecule has 0 saturated carbocycles. The van der Waals surface area contributed by atoms with Crippen LogP contribution in [0.25, 0.3) is 0 Å². The van der Waals surface area contributed by atoms with Crippen LogP contribution in [0.2, 0.25) is 0 Å². The van der Waals surface area contributed by atoms with E-state index in [1.54, 1.807) is 29.2 Å². The van der Waals surface area contributed by atoms with Crippen molar-refractivity contribution in [3.8, 4) is 0 Å². The Bertz CT molecular complexity index is 760. The van der Waals surface area contributed by atoms with Gasteiger partial charge in [-0.2, -0.15) is 0 Å². The lowest BCUT2D eigenvalue weighted by Crippen LogP contribution is -2.23. The Kier molecular flexibility index (Phi) is 4.06. The van der Waals surface area contributed by atoms with Crippen molar-refractivity contribution < 1.29 is 18.4 Å². The molecule has 1 saturated heterocycles. The predicted octanol–water partition coefficient (Wildman–Crippen LogP) is 3.34. The van der Waals surface area contributed by atoms with Crippen LogP contribution in [0.1, 0.15) is 23.2 Å². The Morgan fingerprint density at radius 3 is 2.43 bits per heavy atom. The smallest absolute Gasteiger partial charge is 0.258 e. The number of nitrogens with zero attached hydrogens (tertiary/aromatic N) is 1. The minimum atomic E-state index is -0.915. The van der Waals surface area contributed by atoms with Gasteiger partial charge >= 0.3 is 0 Å². The SMILES string of the molecule is O=C(Nc1ccc(N2CCCC2=O)cc1)c1ccc(F)cc1F. The van der Waals surface area contributed by atoms with E-state index in [0.717, 1.165) is 24.2 Å². The Morgan fingerprint density at radius 2 is 1.83 bits per heavy atom. The van der Waals surface area contributed by atoms with E-state index in [0.29, 0.717) is 24.7 Å². The molecule has 23 heavy (non-hydrogen) atoms. The highest BCUT2D eigenvalue weighted by atomic mass is 19.1. The molecule has 2 aromatic carbocycles. The van der Waals surface area contributed by atoms with Gasteiger partial charge in [0.15, 0.2) is 0 Å². The first-order valence-corrected chi connectivity index (χ1v) is 7.21. The molecule has 2 aromatic rings. The lowest BCUT2D eigenvalue weighted by atomic mass is 10.2. The van der Waals surface area contributed by atoms with Gasteiger partial charge in [-0.1, -0.05) is 0 Å². The van der Waals surface area contributed by atoms with Crippen molar-refractivity contribution in [3.05, 3.63) is 59.7 Å². The lowest BCUT2D eigenvalue weighted by molar-refractivity contribution is -0.117. The van der Waals surface area contributed by atoms with Gasteiger partial charge in [0.2, 0.25) is 5.91 Å². The van der Waals surface area contributed by atoms with Gasteiger partial charge in [-0.3, -0.25) is 9.59 Å². The quantitative estimate of drug-likeness (QED) is 0.944. The van der Waals surface area contributed by atoms with E-state index in [-0.39, 0.29) is 11.5 Å². The summed E-state index contributed by atoms with van der Waals surface area (Å²) in [5, 5.41) is 2.54.